The third kappa shape index (κ3) is 6.04. The number of nitrogens with zero attached hydrogens (tertiary/aromatic N) is 6. The average molecular weight is 722 g/mol. The second-order valence-electron chi connectivity index (χ2n) is 12.5. The molecule has 3 unspecified atom stereocenters. The van der Waals surface area contributed by atoms with Crippen molar-refractivity contribution in [1.29, 1.82) is 0 Å². The summed E-state index contributed by atoms with van der Waals surface area (Å²) in [6.45, 7) is 9.08. The van der Waals surface area contributed by atoms with Gasteiger partial charge >= 0.3 is 0 Å². The maximum atomic E-state index is 14.9. The number of fused-ring (bicyclic) bond motifs is 2. The normalized spacial score (nSPS) is 26.0. The fourth-order valence-electron chi connectivity index (χ4n) is 7.65. The van der Waals surface area contributed by atoms with Gasteiger partial charge in [0, 0.05) is 42.0 Å². The van der Waals surface area contributed by atoms with Gasteiger partial charge in [0.2, 0.25) is 17.7 Å². The number of alkyl halides is 1. The van der Waals surface area contributed by atoms with Crippen LogP contribution in [0, 0.1) is 11.8 Å². The minimum atomic E-state index is -0.779. The Kier molecular flexibility index (Phi) is 10.2. The number of amides is 3. The minimum absolute atomic E-state index is 0.0428. The van der Waals surface area contributed by atoms with Gasteiger partial charge in [-0.1, -0.05) is 76.5 Å². The van der Waals surface area contributed by atoms with Crippen molar-refractivity contribution in [2.24, 2.45) is 11.8 Å². The van der Waals surface area contributed by atoms with Crippen molar-refractivity contribution < 1.29 is 19.5 Å². The number of likely N-dealkylation sites (tertiary alicyclic amines) is 1. The molecule has 0 saturated carbocycles. The summed E-state index contributed by atoms with van der Waals surface area (Å²) in [5.41, 5.74) is 2.29. The van der Waals surface area contributed by atoms with E-state index in [1.54, 1.807) is 43.3 Å². The second kappa shape index (κ2) is 14.3. The Balaban J connectivity index is 1.37. The van der Waals surface area contributed by atoms with Crippen LogP contribution in [0.4, 0.5) is 5.69 Å². The van der Waals surface area contributed by atoms with Crippen molar-refractivity contribution >= 4 is 62.1 Å². The molecule has 3 amide bonds. The lowest BCUT2D eigenvalue weighted by Crippen LogP contribution is -2.56. The molecule has 4 heterocycles. The number of aromatic nitrogens is 3. The number of benzene rings is 2. The molecular weight excluding hydrogens is 680 g/mol. The van der Waals surface area contributed by atoms with Crippen LogP contribution in [0.15, 0.2) is 79.9 Å². The molecule has 248 valence electrons. The van der Waals surface area contributed by atoms with E-state index in [2.05, 4.69) is 39.4 Å². The van der Waals surface area contributed by atoms with Crippen LogP contribution in [-0.2, 0) is 21.1 Å². The fraction of sp³-hybridized carbons (Fsp3) is 0.457. The van der Waals surface area contributed by atoms with Gasteiger partial charge in [-0.05, 0) is 43.5 Å². The Bertz CT molecular complexity index is 1640. The van der Waals surface area contributed by atoms with Gasteiger partial charge in [0.1, 0.15) is 18.2 Å². The number of unbranched alkanes of at least 4 members (excludes halogenated alkanes) is 3. The van der Waals surface area contributed by atoms with Crippen LogP contribution in [0.1, 0.15) is 32.1 Å². The summed E-state index contributed by atoms with van der Waals surface area (Å²) in [7, 11) is 0. The van der Waals surface area contributed by atoms with Crippen molar-refractivity contribution in [3.05, 3.63) is 79.9 Å². The number of hydrogen-bond acceptors (Lipinski definition) is 7. The van der Waals surface area contributed by atoms with E-state index in [1.807, 2.05) is 54.6 Å². The molecular formula is C35H41BrN6O4S. The Labute approximate surface area is 288 Å². The number of hydrogen-bond donors (Lipinski definition) is 1. The van der Waals surface area contributed by atoms with Crippen LogP contribution in [0.2, 0.25) is 0 Å². The SMILES string of the molecule is C=CCN(Cn1nnc2ccccc21)C(=O)C1N(CCCCCCO)C(=O)[C@@H]2[C@@H](C(=O)N(CC=C)c3ccccc3)[C@@H]3SC12CC3Br. The van der Waals surface area contributed by atoms with Crippen molar-refractivity contribution in [3.63, 3.8) is 0 Å². The molecule has 2 aromatic carbocycles. The molecule has 3 aliphatic heterocycles. The third-order valence-electron chi connectivity index (χ3n) is 9.65. The average Bonchev–Trinajstić information content (AvgIpc) is 3.80. The summed E-state index contributed by atoms with van der Waals surface area (Å²) in [4.78, 5) is 49.3. The van der Waals surface area contributed by atoms with E-state index in [4.69, 9.17) is 0 Å². The lowest BCUT2D eigenvalue weighted by atomic mass is 9.70. The molecule has 1 spiro atoms. The molecule has 3 fully saturated rings. The largest absolute Gasteiger partial charge is 0.396 e. The van der Waals surface area contributed by atoms with E-state index in [0.717, 1.165) is 29.6 Å². The molecule has 6 rings (SSSR count). The van der Waals surface area contributed by atoms with E-state index in [0.29, 0.717) is 32.4 Å². The first-order chi connectivity index (χ1) is 22.9. The topological polar surface area (TPSA) is 112 Å². The first kappa shape index (κ1) is 33.4. The van der Waals surface area contributed by atoms with Gasteiger partial charge in [-0.15, -0.1) is 30.0 Å². The van der Waals surface area contributed by atoms with Crippen LogP contribution in [-0.4, -0.2) is 94.7 Å². The monoisotopic (exact) mass is 720 g/mol. The molecule has 0 radical (unpaired) electrons. The number of rotatable bonds is 15. The summed E-state index contributed by atoms with van der Waals surface area (Å²) < 4.78 is 0.923. The van der Waals surface area contributed by atoms with E-state index in [1.165, 1.54) is 0 Å². The number of para-hydroxylation sites is 2. The minimum Gasteiger partial charge on any atom is -0.396 e. The maximum absolute atomic E-state index is 14.9. The summed E-state index contributed by atoms with van der Waals surface area (Å²) >= 11 is 5.53. The first-order valence-corrected chi connectivity index (χ1v) is 18.0. The van der Waals surface area contributed by atoms with Gasteiger partial charge in [-0.2, -0.15) is 0 Å². The van der Waals surface area contributed by atoms with Crippen molar-refractivity contribution in [2.75, 3.05) is 31.1 Å². The van der Waals surface area contributed by atoms with E-state index in [9.17, 15) is 19.5 Å². The fourth-order valence-corrected chi connectivity index (χ4v) is 11.2. The van der Waals surface area contributed by atoms with E-state index >= 15 is 0 Å². The van der Waals surface area contributed by atoms with E-state index < -0.39 is 22.6 Å². The summed E-state index contributed by atoms with van der Waals surface area (Å²) in [6.07, 6.45) is 7.04. The highest BCUT2D eigenvalue weighted by Crippen LogP contribution is 2.68. The van der Waals surface area contributed by atoms with Crippen molar-refractivity contribution in [1.82, 2.24) is 24.8 Å². The number of thioether (sulfide) groups is 1. The summed E-state index contributed by atoms with van der Waals surface area (Å²) in [5.74, 6) is -1.67. The molecule has 3 aromatic rings. The number of carbonyl (C=O) groups is 3. The van der Waals surface area contributed by atoms with Gasteiger partial charge in [-0.3, -0.25) is 14.4 Å². The first-order valence-electron chi connectivity index (χ1n) is 16.2. The van der Waals surface area contributed by atoms with Crippen LogP contribution >= 0.6 is 27.7 Å². The maximum Gasteiger partial charge on any atom is 0.248 e. The van der Waals surface area contributed by atoms with E-state index in [-0.39, 0.29) is 47.6 Å². The van der Waals surface area contributed by atoms with Gasteiger partial charge in [0.25, 0.3) is 0 Å². The van der Waals surface area contributed by atoms with Gasteiger partial charge < -0.3 is 19.8 Å². The molecule has 47 heavy (non-hydrogen) atoms. The van der Waals surface area contributed by atoms with Crippen molar-refractivity contribution in [2.45, 2.75) is 59.6 Å². The lowest BCUT2D eigenvalue weighted by Gasteiger charge is -2.38. The quantitative estimate of drug-likeness (QED) is 0.138. The number of aliphatic hydroxyl groups excluding tert-OH is 1. The molecule has 3 saturated heterocycles. The van der Waals surface area contributed by atoms with Gasteiger partial charge in [0.15, 0.2) is 0 Å². The standard InChI is InChI=1S/C35H41BrN6O4S/c1-3-18-39(23-42-27-17-11-10-16-26(27)37-38-42)34(46)31-35-22-25(36)30(47-35)28(29(35)33(45)41(31)20-12-5-6-13-21-43)32(44)40(19-4-2)24-14-8-7-9-15-24/h3-4,7-11,14-17,25,28-31,43H,1-2,5-6,12-13,18-23H2/t25?,28-,29+,30-,31?,35?/m1/s1. The molecule has 3 aliphatic rings. The molecule has 2 bridgehead atoms. The number of halogens is 1. The van der Waals surface area contributed by atoms with Crippen molar-refractivity contribution in [3.8, 4) is 0 Å². The zero-order valence-corrected chi connectivity index (χ0v) is 28.8. The number of carbonyl (C=O) groups excluding carboxylic acids is 3. The van der Waals surface area contributed by atoms with Crippen LogP contribution < -0.4 is 4.90 Å². The molecule has 6 atom stereocenters. The Morgan fingerprint density at radius 1 is 1.02 bits per heavy atom. The van der Waals surface area contributed by atoms with Gasteiger partial charge in [0.05, 0.1) is 22.1 Å². The Morgan fingerprint density at radius 2 is 1.74 bits per heavy atom. The zero-order valence-electron chi connectivity index (χ0n) is 26.4. The van der Waals surface area contributed by atoms with Gasteiger partial charge in [-0.25, -0.2) is 4.68 Å². The lowest BCUT2D eigenvalue weighted by molar-refractivity contribution is -0.143. The highest BCUT2D eigenvalue weighted by Gasteiger charge is 2.76. The third-order valence-corrected chi connectivity index (χ3v) is 12.9. The zero-order chi connectivity index (χ0) is 33.1. The Hall–Kier alpha value is -3.48. The van der Waals surface area contributed by atoms with Crippen LogP contribution in [0.25, 0.3) is 11.0 Å². The molecule has 1 aromatic heterocycles. The summed E-state index contributed by atoms with van der Waals surface area (Å²) in [6, 6.07) is 16.3. The smallest absolute Gasteiger partial charge is 0.248 e. The van der Waals surface area contributed by atoms with Crippen LogP contribution in [0.3, 0.4) is 0 Å². The molecule has 10 nitrogen and oxygen atoms in total. The predicted molar refractivity (Wildman–Crippen MR) is 188 cm³/mol. The highest BCUT2D eigenvalue weighted by molar-refractivity contribution is 9.09. The molecule has 1 N–H and O–H groups in total. The predicted octanol–water partition coefficient (Wildman–Crippen LogP) is 4.64. The number of aliphatic hydroxyl groups is 1. The molecule has 0 aliphatic carbocycles. The second-order valence-corrected chi connectivity index (χ2v) is 15.2. The highest BCUT2D eigenvalue weighted by atomic mass is 79.9. The Morgan fingerprint density at radius 3 is 2.49 bits per heavy atom. The number of anilines is 1. The molecule has 12 heteroatoms. The van der Waals surface area contributed by atoms with Crippen LogP contribution in [0.5, 0.6) is 0 Å². The summed E-state index contributed by atoms with van der Waals surface area (Å²) in [5, 5.41) is 17.7.